The van der Waals surface area contributed by atoms with Crippen molar-refractivity contribution in [1.29, 1.82) is 0 Å². The lowest BCUT2D eigenvalue weighted by Crippen LogP contribution is -2.70. The molecule has 11 heteroatoms. The maximum absolute atomic E-state index is 14.2. The Labute approximate surface area is 251 Å². The van der Waals surface area contributed by atoms with Crippen molar-refractivity contribution in [1.82, 2.24) is 14.4 Å². The summed E-state index contributed by atoms with van der Waals surface area (Å²) in [6, 6.07) is 2.88. The van der Waals surface area contributed by atoms with Crippen LogP contribution in [0, 0.1) is 0 Å². The molecule has 4 heterocycles. The van der Waals surface area contributed by atoms with Crippen LogP contribution in [0.25, 0.3) is 17.0 Å². The van der Waals surface area contributed by atoms with E-state index < -0.39 is 34.8 Å². The summed E-state index contributed by atoms with van der Waals surface area (Å²) in [5.74, 6) is -0.249. The van der Waals surface area contributed by atoms with Gasteiger partial charge in [-0.1, -0.05) is 0 Å². The van der Waals surface area contributed by atoms with Crippen LogP contribution in [0.4, 0.5) is 4.79 Å². The number of amides is 2. The largest absolute Gasteiger partial charge is 0.483 e. The maximum Gasteiger partial charge on any atom is 0.419 e. The average Bonchev–Trinajstić information content (AvgIpc) is 3.53. The second-order valence-corrected chi connectivity index (χ2v) is 13.0. The van der Waals surface area contributed by atoms with Crippen molar-refractivity contribution >= 4 is 40.9 Å². The minimum Gasteiger partial charge on any atom is -0.483 e. The van der Waals surface area contributed by atoms with Gasteiger partial charge in [0.15, 0.2) is 0 Å². The number of methoxy groups -OCH3 is 2. The number of benzene rings is 1. The molecule has 1 unspecified atom stereocenters. The van der Waals surface area contributed by atoms with Gasteiger partial charge < -0.3 is 28.7 Å². The van der Waals surface area contributed by atoms with Crippen LogP contribution in [0.15, 0.2) is 24.4 Å². The first-order chi connectivity index (χ1) is 20.2. The molecular formula is C32H41N3O8. The van der Waals surface area contributed by atoms with Crippen molar-refractivity contribution in [2.24, 2.45) is 0 Å². The molecule has 0 N–H and O–H groups in total. The molecule has 0 radical (unpaired) electrons. The van der Waals surface area contributed by atoms with Gasteiger partial charge in [-0.05, 0) is 83.7 Å². The number of hydrogen-bond donors (Lipinski definition) is 0. The predicted molar refractivity (Wildman–Crippen MR) is 158 cm³/mol. The average molecular weight is 596 g/mol. The van der Waals surface area contributed by atoms with E-state index in [0.29, 0.717) is 36.2 Å². The zero-order chi connectivity index (χ0) is 31.3. The second-order valence-electron chi connectivity index (χ2n) is 13.0. The highest BCUT2D eigenvalue weighted by Gasteiger charge is 2.58. The highest BCUT2D eigenvalue weighted by atomic mass is 16.6. The van der Waals surface area contributed by atoms with Gasteiger partial charge in [0.05, 0.1) is 12.6 Å². The lowest BCUT2D eigenvalue weighted by molar-refractivity contribution is -0.174. The van der Waals surface area contributed by atoms with E-state index in [-0.39, 0.29) is 37.8 Å². The van der Waals surface area contributed by atoms with E-state index in [0.717, 1.165) is 10.9 Å². The van der Waals surface area contributed by atoms with E-state index in [9.17, 15) is 19.2 Å². The van der Waals surface area contributed by atoms with E-state index in [1.54, 1.807) is 31.9 Å². The number of nitrogens with zero attached hydrogens (tertiary/aromatic N) is 3. The van der Waals surface area contributed by atoms with Crippen molar-refractivity contribution in [2.45, 2.75) is 89.5 Å². The molecule has 2 atom stereocenters. The predicted octanol–water partition coefficient (Wildman–Crippen LogP) is 4.28. The van der Waals surface area contributed by atoms with Crippen molar-refractivity contribution in [3.63, 3.8) is 0 Å². The molecule has 232 valence electrons. The number of fused-ring (bicyclic) bond motifs is 4. The molecule has 5 rings (SSSR count). The van der Waals surface area contributed by atoms with Crippen LogP contribution < -0.4 is 4.74 Å². The SMILES string of the molecule is COCN1C(=O)[C@]2(CCC(=O)OC)CCCN2C(=O)C1Cc1cn(C(=O)OC(C)(C)C)c2c3c(ccc12)OC(C)(C)C=C3. The van der Waals surface area contributed by atoms with Gasteiger partial charge in [-0.15, -0.1) is 0 Å². The van der Waals surface area contributed by atoms with E-state index >= 15 is 0 Å². The number of ether oxygens (including phenoxy) is 4. The number of hydrogen-bond acceptors (Lipinski definition) is 8. The lowest BCUT2D eigenvalue weighted by atomic mass is 9.84. The van der Waals surface area contributed by atoms with Gasteiger partial charge in [0, 0.05) is 43.6 Å². The molecule has 3 aliphatic heterocycles. The number of aromatic nitrogens is 1. The maximum atomic E-state index is 14.2. The topological polar surface area (TPSA) is 117 Å². The van der Waals surface area contributed by atoms with Crippen LogP contribution in [-0.4, -0.2) is 88.5 Å². The summed E-state index contributed by atoms with van der Waals surface area (Å²) in [4.78, 5) is 56.9. The zero-order valence-electron chi connectivity index (χ0n) is 26.0. The molecule has 1 aromatic carbocycles. The molecule has 0 saturated carbocycles. The Morgan fingerprint density at radius 3 is 2.56 bits per heavy atom. The fourth-order valence-corrected chi connectivity index (χ4v) is 6.48. The van der Waals surface area contributed by atoms with E-state index in [1.165, 1.54) is 23.7 Å². The van der Waals surface area contributed by atoms with Gasteiger partial charge >= 0.3 is 12.1 Å². The summed E-state index contributed by atoms with van der Waals surface area (Å²) < 4.78 is 23.7. The Morgan fingerprint density at radius 2 is 1.88 bits per heavy atom. The summed E-state index contributed by atoms with van der Waals surface area (Å²) in [7, 11) is 2.78. The van der Waals surface area contributed by atoms with E-state index in [4.69, 9.17) is 18.9 Å². The van der Waals surface area contributed by atoms with Gasteiger partial charge in [-0.2, -0.15) is 0 Å². The number of carbonyl (C=O) groups excluding carboxylic acids is 4. The normalized spacial score (nSPS) is 22.8. The molecule has 0 spiro atoms. The molecule has 43 heavy (non-hydrogen) atoms. The van der Waals surface area contributed by atoms with Gasteiger partial charge in [-0.3, -0.25) is 19.0 Å². The van der Waals surface area contributed by atoms with Gasteiger partial charge in [0.1, 0.15) is 35.3 Å². The molecule has 1 aromatic heterocycles. The molecular weight excluding hydrogens is 554 g/mol. The van der Waals surface area contributed by atoms with E-state index in [1.807, 2.05) is 38.1 Å². The van der Waals surface area contributed by atoms with Crippen LogP contribution in [-0.2, 0) is 35.0 Å². The molecule has 0 aliphatic carbocycles. The number of rotatable bonds is 7. The Bertz CT molecular complexity index is 1500. The summed E-state index contributed by atoms with van der Waals surface area (Å²) in [5.41, 5.74) is -0.320. The Kier molecular flexibility index (Phi) is 7.83. The first-order valence-corrected chi connectivity index (χ1v) is 14.7. The van der Waals surface area contributed by atoms with Gasteiger partial charge in [0.25, 0.3) is 5.91 Å². The van der Waals surface area contributed by atoms with Crippen molar-refractivity contribution < 1.29 is 38.1 Å². The minimum absolute atomic E-state index is 0.0262. The summed E-state index contributed by atoms with van der Waals surface area (Å²) in [6.07, 6.45) is 6.49. The molecule has 0 bridgehead atoms. The summed E-state index contributed by atoms with van der Waals surface area (Å²) in [5, 5.41) is 0.749. The monoisotopic (exact) mass is 595 g/mol. The van der Waals surface area contributed by atoms with E-state index in [2.05, 4.69) is 0 Å². The van der Waals surface area contributed by atoms with Crippen LogP contribution >= 0.6 is 0 Å². The first-order valence-electron chi connectivity index (χ1n) is 14.7. The fraction of sp³-hybridized carbons (Fsp3) is 0.562. The minimum atomic E-state index is -1.11. The molecule has 2 saturated heterocycles. The highest BCUT2D eigenvalue weighted by molar-refractivity contribution is 6.02. The van der Waals surface area contributed by atoms with Crippen molar-refractivity contribution in [3.8, 4) is 5.75 Å². The van der Waals surface area contributed by atoms with Gasteiger partial charge in [0.2, 0.25) is 5.91 Å². The van der Waals surface area contributed by atoms with Crippen LogP contribution in [0.2, 0.25) is 0 Å². The molecule has 3 aliphatic rings. The third kappa shape index (κ3) is 5.50. The molecule has 2 aromatic rings. The lowest BCUT2D eigenvalue weighted by Gasteiger charge is -2.49. The zero-order valence-corrected chi connectivity index (χ0v) is 26.0. The number of piperazine rings is 1. The van der Waals surface area contributed by atoms with Crippen molar-refractivity contribution in [2.75, 3.05) is 27.5 Å². The Morgan fingerprint density at radius 1 is 1.14 bits per heavy atom. The summed E-state index contributed by atoms with van der Waals surface area (Å²) in [6.45, 7) is 9.65. The standard InChI is InChI=1S/C32H41N3O8/c1-30(2,3)43-29(39)33-18-20(21-9-10-24-22(26(21)33)11-14-31(4,5)42-24)17-23-27(37)35-16-8-13-32(35,15-12-25(36)41-7)28(38)34(23)19-40-6/h9-11,14,18,23H,8,12-13,15-17,19H2,1-7H3/t23?,32-/m1/s1. The van der Waals surface area contributed by atoms with Crippen molar-refractivity contribution in [3.05, 3.63) is 35.5 Å². The third-order valence-corrected chi connectivity index (χ3v) is 8.39. The van der Waals surface area contributed by atoms with Crippen LogP contribution in [0.5, 0.6) is 5.75 Å². The highest BCUT2D eigenvalue weighted by Crippen LogP contribution is 2.42. The number of esters is 1. The smallest absolute Gasteiger partial charge is 0.419 e. The number of carbonyl (C=O) groups is 4. The summed E-state index contributed by atoms with van der Waals surface area (Å²) >= 11 is 0. The molecule has 2 amide bonds. The van der Waals surface area contributed by atoms with Gasteiger partial charge in [-0.25, -0.2) is 4.79 Å². The molecule has 11 nitrogen and oxygen atoms in total. The van der Waals surface area contributed by atoms with Crippen LogP contribution in [0.1, 0.15) is 71.4 Å². The second kappa shape index (κ2) is 11.0. The fourth-order valence-electron chi connectivity index (χ4n) is 6.48. The quantitative estimate of drug-likeness (QED) is 0.436. The first kappa shape index (κ1) is 30.6. The molecule has 2 fully saturated rings. The third-order valence-electron chi connectivity index (χ3n) is 8.39. The Balaban J connectivity index is 1.58. The Hall–Kier alpha value is -3.86. The van der Waals surface area contributed by atoms with Crippen LogP contribution in [0.3, 0.4) is 0 Å².